The lowest BCUT2D eigenvalue weighted by molar-refractivity contribution is -0.161. The third kappa shape index (κ3) is 67.8. The Balaban J connectivity index is 5.45. The predicted octanol–water partition coefficient (Wildman–Crippen LogP) is 20.5. The molecule has 0 amide bonds. The zero-order valence-electron chi connectivity index (χ0n) is 59.5. The maximum Gasteiger partial charge on any atom is 0.472 e. The summed E-state index contributed by atoms with van der Waals surface area (Å²) in [5, 5.41) is 10.6. The molecule has 3 N–H and O–H groups in total. The SMILES string of the molecule is CC/C=C\C/C=C\C/C=C\C/C=C\C/C=C\CC(=O)OCC(COP(=O)(O)OCC(O)COP(=O)(O)OCC(COC(=O)CCCC/C=C\C/C=C\C/C=C\C/C=C\CC)OC(=O)CCCCCCC/C=C\C/C=C\CCCCC)OC(=O)CCCCCCCCCCCCC. The molecule has 0 fully saturated rings. The van der Waals surface area contributed by atoms with Crippen LogP contribution in [0.2, 0.25) is 0 Å². The van der Waals surface area contributed by atoms with E-state index < -0.39 is 97.5 Å². The van der Waals surface area contributed by atoms with Crippen LogP contribution in [0.3, 0.4) is 0 Å². The van der Waals surface area contributed by atoms with E-state index in [1.165, 1.54) is 57.8 Å². The van der Waals surface area contributed by atoms with Crippen LogP contribution >= 0.6 is 15.6 Å². The van der Waals surface area contributed by atoms with E-state index in [4.69, 9.17) is 37.0 Å². The normalized spacial score (nSPS) is 14.8. The smallest absolute Gasteiger partial charge is 0.462 e. The van der Waals surface area contributed by atoms with Gasteiger partial charge < -0.3 is 33.8 Å². The summed E-state index contributed by atoms with van der Waals surface area (Å²) in [5.74, 6) is -2.39. The third-order valence-electron chi connectivity index (χ3n) is 14.6. The minimum absolute atomic E-state index is 0.0648. The van der Waals surface area contributed by atoms with Gasteiger partial charge in [0, 0.05) is 19.3 Å². The Hall–Kier alpha value is -4.80. The number of carbonyl (C=O) groups excluding carboxylic acids is 4. The first-order valence-corrected chi connectivity index (χ1v) is 39.4. The molecule has 548 valence electrons. The van der Waals surface area contributed by atoms with Crippen molar-refractivity contribution in [3.05, 3.63) is 134 Å². The van der Waals surface area contributed by atoms with Crippen LogP contribution in [-0.4, -0.2) is 96.7 Å². The van der Waals surface area contributed by atoms with E-state index in [1.807, 2.05) is 18.2 Å². The maximum absolute atomic E-state index is 13.0. The molecule has 0 aliphatic heterocycles. The second kappa shape index (κ2) is 68.7. The van der Waals surface area contributed by atoms with Crippen LogP contribution in [0.15, 0.2) is 134 Å². The van der Waals surface area contributed by atoms with E-state index in [-0.39, 0.29) is 25.7 Å². The highest BCUT2D eigenvalue weighted by molar-refractivity contribution is 7.47. The van der Waals surface area contributed by atoms with Gasteiger partial charge in [-0.1, -0.05) is 258 Å². The van der Waals surface area contributed by atoms with E-state index in [2.05, 4.69) is 137 Å². The third-order valence-corrected chi connectivity index (χ3v) is 16.5. The zero-order valence-corrected chi connectivity index (χ0v) is 61.3. The van der Waals surface area contributed by atoms with E-state index in [0.717, 1.165) is 135 Å². The fourth-order valence-corrected chi connectivity index (χ4v) is 10.7. The summed E-state index contributed by atoms with van der Waals surface area (Å²) in [4.78, 5) is 72.6. The number of hydrogen-bond acceptors (Lipinski definition) is 15. The number of carbonyl (C=O) groups is 4. The van der Waals surface area contributed by atoms with Crippen molar-refractivity contribution in [2.24, 2.45) is 0 Å². The number of esters is 4. The van der Waals surface area contributed by atoms with Gasteiger partial charge in [-0.05, 0) is 122 Å². The number of aliphatic hydroxyl groups is 1. The number of phosphoric ester groups is 2. The van der Waals surface area contributed by atoms with Crippen LogP contribution in [-0.2, 0) is 65.4 Å². The van der Waals surface area contributed by atoms with E-state index in [9.17, 15) is 43.2 Å². The summed E-state index contributed by atoms with van der Waals surface area (Å²) in [5.41, 5.74) is 0. The van der Waals surface area contributed by atoms with Gasteiger partial charge >= 0.3 is 39.5 Å². The Bertz CT molecular complexity index is 2350. The summed E-state index contributed by atoms with van der Waals surface area (Å²) >= 11 is 0. The van der Waals surface area contributed by atoms with Crippen LogP contribution in [0.1, 0.15) is 272 Å². The van der Waals surface area contributed by atoms with Crippen LogP contribution in [0.25, 0.3) is 0 Å². The van der Waals surface area contributed by atoms with E-state index in [0.29, 0.717) is 25.7 Å². The van der Waals surface area contributed by atoms with Gasteiger partial charge in [0.1, 0.15) is 19.3 Å². The number of ether oxygens (including phenoxy) is 4. The van der Waals surface area contributed by atoms with Crippen molar-refractivity contribution in [1.82, 2.24) is 0 Å². The summed E-state index contributed by atoms with van der Waals surface area (Å²) in [6.45, 7) is 4.41. The molecule has 0 heterocycles. The Morgan fingerprint density at radius 2 is 0.583 bits per heavy atom. The van der Waals surface area contributed by atoms with Crippen molar-refractivity contribution in [2.75, 3.05) is 39.6 Å². The minimum Gasteiger partial charge on any atom is -0.462 e. The summed E-state index contributed by atoms with van der Waals surface area (Å²) < 4.78 is 68.1. The Labute approximate surface area is 580 Å². The first-order chi connectivity index (χ1) is 46.7. The van der Waals surface area contributed by atoms with Gasteiger partial charge in [-0.3, -0.25) is 37.3 Å². The average Bonchev–Trinajstić information content (AvgIpc) is 1.11. The molecule has 5 unspecified atom stereocenters. The molecule has 17 nitrogen and oxygen atoms in total. The predicted molar refractivity (Wildman–Crippen MR) is 390 cm³/mol. The molecule has 0 rings (SSSR count). The van der Waals surface area contributed by atoms with Gasteiger partial charge in [-0.2, -0.15) is 0 Å². The first kappa shape index (κ1) is 91.2. The first-order valence-electron chi connectivity index (χ1n) is 36.4. The van der Waals surface area contributed by atoms with Crippen LogP contribution in [0, 0.1) is 0 Å². The number of unbranched alkanes of at least 4 members (excludes halogenated alkanes) is 20. The van der Waals surface area contributed by atoms with Crippen molar-refractivity contribution in [2.45, 2.75) is 290 Å². The lowest BCUT2D eigenvalue weighted by Crippen LogP contribution is -2.30. The van der Waals surface area contributed by atoms with Crippen LogP contribution in [0.4, 0.5) is 0 Å². The second-order valence-electron chi connectivity index (χ2n) is 23.8. The molecular formula is C77H128O17P2. The molecular weight excluding hydrogens is 1260 g/mol. The standard InChI is InChI=1S/C77H128O17P2/c1-5-9-13-17-21-25-29-32-35-38-42-45-49-53-57-61-74(79)87-67-72(93-76(81)63-59-55-51-47-41-28-24-20-16-12-8-4)69-91-95(83,84)89-65-71(78)66-90-96(85,86)92-70-73(94-77(82)64-60-56-52-48-44-40-37-34-31-27-23-19-15-11-7-3)68-88-75(80)62-58-54-50-46-43-39-36-33-30-26-22-18-14-10-6-2/h9-10,13-14,21-23,25-27,32-37,42-43,45-46,53,57,71-73,78H,5-8,11-12,15-20,24,28-31,38-41,44,47-52,54-56,58-70H2,1-4H3,(H,83,84)(H,85,86)/b13-9-,14-10-,25-21-,26-22-,27-23-,35-32-,36-33-,37-34-,45-42-,46-43-,57-53-. The van der Waals surface area contributed by atoms with Crippen molar-refractivity contribution < 1.29 is 80.2 Å². The molecule has 0 aliphatic carbocycles. The lowest BCUT2D eigenvalue weighted by atomic mass is 10.1. The zero-order chi connectivity index (χ0) is 70.4. The fourth-order valence-electron chi connectivity index (χ4n) is 9.14. The van der Waals surface area contributed by atoms with Gasteiger partial charge in [-0.15, -0.1) is 0 Å². The Kier molecular flexibility index (Phi) is 65.3. The second-order valence-corrected chi connectivity index (χ2v) is 26.7. The average molecular weight is 1390 g/mol. The molecule has 0 aromatic rings. The molecule has 0 saturated carbocycles. The quantitative estimate of drug-likeness (QED) is 0.0169. The van der Waals surface area contributed by atoms with Crippen molar-refractivity contribution in [3.8, 4) is 0 Å². The van der Waals surface area contributed by atoms with Crippen LogP contribution < -0.4 is 0 Å². The van der Waals surface area contributed by atoms with E-state index in [1.54, 1.807) is 6.08 Å². The number of hydrogen-bond donors (Lipinski definition) is 3. The van der Waals surface area contributed by atoms with Gasteiger partial charge in [0.25, 0.3) is 0 Å². The Morgan fingerprint density at radius 1 is 0.312 bits per heavy atom. The van der Waals surface area contributed by atoms with Crippen molar-refractivity contribution >= 4 is 39.5 Å². The molecule has 96 heavy (non-hydrogen) atoms. The molecule has 0 bridgehead atoms. The van der Waals surface area contributed by atoms with Gasteiger partial charge in [0.15, 0.2) is 12.2 Å². The Morgan fingerprint density at radius 3 is 0.969 bits per heavy atom. The summed E-state index contributed by atoms with van der Waals surface area (Å²) in [6, 6.07) is 0. The molecule has 19 heteroatoms. The topological polar surface area (TPSA) is 237 Å². The van der Waals surface area contributed by atoms with E-state index >= 15 is 0 Å². The molecule has 0 aromatic heterocycles. The molecule has 0 saturated heterocycles. The summed E-state index contributed by atoms with van der Waals surface area (Å²) in [6.07, 6.45) is 74.9. The summed E-state index contributed by atoms with van der Waals surface area (Å²) in [7, 11) is -9.98. The maximum atomic E-state index is 13.0. The monoisotopic (exact) mass is 1390 g/mol. The minimum atomic E-state index is -4.99. The van der Waals surface area contributed by atoms with Gasteiger partial charge in [0.05, 0.1) is 32.8 Å². The van der Waals surface area contributed by atoms with Gasteiger partial charge in [0.2, 0.25) is 0 Å². The number of rotatable bonds is 67. The highest BCUT2D eigenvalue weighted by Crippen LogP contribution is 2.45. The highest BCUT2D eigenvalue weighted by atomic mass is 31.2. The number of aliphatic hydroxyl groups excluding tert-OH is 1. The van der Waals surface area contributed by atoms with Crippen molar-refractivity contribution in [1.29, 1.82) is 0 Å². The number of allylic oxidation sites excluding steroid dienone is 21. The molecule has 0 aliphatic rings. The molecule has 0 spiro atoms. The van der Waals surface area contributed by atoms with Crippen LogP contribution in [0.5, 0.6) is 0 Å². The molecule has 0 radical (unpaired) electrons. The lowest BCUT2D eigenvalue weighted by Gasteiger charge is -2.21. The molecule has 0 aromatic carbocycles. The molecule has 5 atom stereocenters. The van der Waals surface area contributed by atoms with Crippen molar-refractivity contribution in [3.63, 3.8) is 0 Å². The fraction of sp³-hybridized carbons (Fsp3) is 0.662. The van der Waals surface area contributed by atoms with Gasteiger partial charge in [-0.25, -0.2) is 9.13 Å². The highest BCUT2D eigenvalue weighted by Gasteiger charge is 2.30. The number of phosphoric acid groups is 2. The largest absolute Gasteiger partial charge is 0.472 e.